The summed E-state index contributed by atoms with van der Waals surface area (Å²) in [5, 5.41) is 3.28. The van der Waals surface area contributed by atoms with Crippen molar-refractivity contribution in [3.63, 3.8) is 0 Å². The van der Waals surface area contributed by atoms with Crippen LogP contribution in [0.3, 0.4) is 0 Å². The Morgan fingerprint density at radius 3 is 2.76 bits per heavy atom. The largest absolute Gasteiger partial charge is 0.481 e. The van der Waals surface area contributed by atoms with Crippen LogP contribution in [0.1, 0.15) is 19.8 Å². The van der Waals surface area contributed by atoms with Crippen LogP contribution in [-0.2, 0) is 4.74 Å². The highest BCUT2D eigenvalue weighted by Crippen LogP contribution is 2.21. The van der Waals surface area contributed by atoms with Gasteiger partial charge >= 0.3 is 0 Å². The molecular formula is C12H21N3O2. The number of anilines is 2. The normalized spacial score (nSPS) is 12.2. The molecular weight excluding hydrogens is 218 g/mol. The van der Waals surface area contributed by atoms with Gasteiger partial charge in [-0.3, -0.25) is 0 Å². The quantitative estimate of drug-likeness (QED) is 0.760. The van der Waals surface area contributed by atoms with E-state index in [1.54, 1.807) is 26.4 Å². The molecule has 1 rings (SSSR count). The summed E-state index contributed by atoms with van der Waals surface area (Å²) in [7, 11) is 3.27. The van der Waals surface area contributed by atoms with Gasteiger partial charge in [-0.15, -0.1) is 0 Å². The van der Waals surface area contributed by atoms with Crippen molar-refractivity contribution in [2.75, 3.05) is 31.9 Å². The zero-order valence-corrected chi connectivity index (χ0v) is 10.7. The molecule has 0 aliphatic rings. The average molecular weight is 239 g/mol. The predicted molar refractivity (Wildman–Crippen MR) is 69.4 cm³/mol. The molecule has 5 heteroatoms. The molecule has 0 spiro atoms. The average Bonchev–Trinajstić information content (AvgIpc) is 2.32. The van der Waals surface area contributed by atoms with Gasteiger partial charge in [-0.05, 0) is 12.5 Å². The number of nitrogen functional groups attached to an aromatic ring is 1. The molecule has 0 radical (unpaired) electrons. The molecule has 96 valence electrons. The highest BCUT2D eigenvalue weighted by atomic mass is 16.5. The first-order valence-corrected chi connectivity index (χ1v) is 5.77. The minimum Gasteiger partial charge on any atom is -0.481 e. The van der Waals surface area contributed by atoms with Crippen LogP contribution in [0.5, 0.6) is 5.88 Å². The van der Waals surface area contributed by atoms with Crippen LogP contribution in [0.15, 0.2) is 12.1 Å². The van der Waals surface area contributed by atoms with Crippen molar-refractivity contribution in [1.82, 2.24) is 4.98 Å². The number of pyridine rings is 1. The van der Waals surface area contributed by atoms with Crippen molar-refractivity contribution in [3.8, 4) is 5.88 Å². The molecule has 0 saturated carbocycles. The van der Waals surface area contributed by atoms with Gasteiger partial charge in [0, 0.05) is 13.2 Å². The van der Waals surface area contributed by atoms with E-state index >= 15 is 0 Å². The summed E-state index contributed by atoms with van der Waals surface area (Å²) in [6.45, 7) is 2.76. The van der Waals surface area contributed by atoms with E-state index < -0.39 is 0 Å². The van der Waals surface area contributed by atoms with Crippen molar-refractivity contribution >= 4 is 11.5 Å². The molecule has 17 heavy (non-hydrogen) atoms. The molecule has 1 aromatic rings. The third-order valence-electron chi connectivity index (χ3n) is 2.46. The molecule has 0 fully saturated rings. The van der Waals surface area contributed by atoms with E-state index in [2.05, 4.69) is 17.2 Å². The lowest BCUT2D eigenvalue weighted by Crippen LogP contribution is -2.25. The number of nitrogens with zero attached hydrogens (tertiary/aromatic N) is 1. The molecule has 0 saturated heterocycles. The first kappa shape index (κ1) is 13.6. The van der Waals surface area contributed by atoms with E-state index in [4.69, 9.17) is 15.2 Å². The number of methoxy groups -OCH3 is 2. The number of aromatic nitrogens is 1. The van der Waals surface area contributed by atoms with Crippen LogP contribution in [0.2, 0.25) is 0 Å². The number of hydrogen-bond donors (Lipinski definition) is 2. The fraction of sp³-hybridized carbons (Fsp3) is 0.583. The first-order valence-electron chi connectivity index (χ1n) is 5.77. The molecule has 0 aliphatic carbocycles. The molecule has 0 amide bonds. The van der Waals surface area contributed by atoms with Gasteiger partial charge in [0.25, 0.3) is 0 Å². The summed E-state index contributed by atoms with van der Waals surface area (Å²) in [5.41, 5.74) is 6.48. The van der Waals surface area contributed by atoms with Gasteiger partial charge in [-0.2, -0.15) is 4.98 Å². The Balaban J connectivity index is 2.76. The lowest BCUT2D eigenvalue weighted by molar-refractivity contribution is 0.182. The van der Waals surface area contributed by atoms with E-state index in [0.29, 0.717) is 24.0 Å². The van der Waals surface area contributed by atoms with Gasteiger partial charge in [0.1, 0.15) is 0 Å². The summed E-state index contributed by atoms with van der Waals surface area (Å²) in [5.74, 6) is 1.20. The van der Waals surface area contributed by atoms with Crippen LogP contribution >= 0.6 is 0 Å². The molecule has 1 aromatic heterocycles. The molecule has 1 unspecified atom stereocenters. The van der Waals surface area contributed by atoms with Gasteiger partial charge in [0.15, 0.2) is 5.82 Å². The fourth-order valence-electron chi connectivity index (χ4n) is 1.62. The lowest BCUT2D eigenvalue weighted by Gasteiger charge is -2.19. The Labute approximate surface area is 102 Å². The summed E-state index contributed by atoms with van der Waals surface area (Å²) in [6, 6.07) is 3.74. The maximum absolute atomic E-state index is 5.86. The van der Waals surface area contributed by atoms with Crippen LogP contribution < -0.4 is 15.8 Å². The second-order valence-electron chi connectivity index (χ2n) is 3.88. The third-order valence-corrected chi connectivity index (χ3v) is 2.46. The zero-order chi connectivity index (χ0) is 12.7. The van der Waals surface area contributed by atoms with E-state index in [1.807, 2.05) is 0 Å². The van der Waals surface area contributed by atoms with Crippen molar-refractivity contribution in [3.05, 3.63) is 12.1 Å². The smallest absolute Gasteiger partial charge is 0.215 e. The molecule has 3 N–H and O–H groups in total. The fourth-order valence-corrected chi connectivity index (χ4v) is 1.62. The Hall–Kier alpha value is -1.49. The monoisotopic (exact) mass is 239 g/mol. The highest BCUT2D eigenvalue weighted by Gasteiger charge is 2.10. The SMILES string of the molecule is CCCC(COC)Nc1nc(OC)ccc1N. The van der Waals surface area contributed by atoms with Crippen molar-refractivity contribution < 1.29 is 9.47 Å². The number of nitrogens with one attached hydrogen (secondary N) is 1. The molecule has 5 nitrogen and oxygen atoms in total. The Kier molecular flexibility index (Phi) is 5.56. The van der Waals surface area contributed by atoms with E-state index in [9.17, 15) is 0 Å². The van der Waals surface area contributed by atoms with Crippen LogP contribution in [0, 0.1) is 0 Å². The Bertz CT molecular complexity index is 339. The van der Waals surface area contributed by atoms with Crippen molar-refractivity contribution in [1.29, 1.82) is 0 Å². The topological polar surface area (TPSA) is 69.4 Å². The number of hydrogen-bond acceptors (Lipinski definition) is 5. The predicted octanol–water partition coefficient (Wildman–Crippen LogP) is 1.90. The molecule has 1 atom stereocenters. The minimum absolute atomic E-state index is 0.215. The standard InChI is InChI=1S/C12H21N3O2/c1-4-5-9(8-16-2)14-12-10(13)6-7-11(15-12)17-3/h6-7,9H,4-5,8,13H2,1-3H3,(H,14,15). The van der Waals surface area contributed by atoms with Crippen LogP contribution in [0.25, 0.3) is 0 Å². The summed E-state index contributed by atoms with van der Waals surface area (Å²) >= 11 is 0. The second-order valence-corrected chi connectivity index (χ2v) is 3.88. The number of rotatable bonds is 7. The van der Waals surface area contributed by atoms with Gasteiger partial charge < -0.3 is 20.5 Å². The molecule has 0 bridgehead atoms. The van der Waals surface area contributed by atoms with Crippen LogP contribution in [0.4, 0.5) is 11.5 Å². The second kappa shape index (κ2) is 6.96. The van der Waals surface area contributed by atoms with Crippen molar-refractivity contribution in [2.24, 2.45) is 0 Å². The number of ether oxygens (including phenoxy) is 2. The third kappa shape index (κ3) is 4.11. The van der Waals surface area contributed by atoms with Crippen molar-refractivity contribution in [2.45, 2.75) is 25.8 Å². The Morgan fingerprint density at radius 2 is 2.18 bits per heavy atom. The number of nitrogens with two attached hydrogens (primary N) is 1. The summed E-state index contributed by atoms with van der Waals surface area (Å²) < 4.78 is 10.2. The van der Waals surface area contributed by atoms with Gasteiger partial charge in [0.05, 0.1) is 25.4 Å². The summed E-state index contributed by atoms with van der Waals surface area (Å²) in [4.78, 5) is 4.28. The Morgan fingerprint density at radius 1 is 1.41 bits per heavy atom. The van der Waals surface area contributed by atoms with E-state index in [1.165, 1.54) is 0 Å². The summed E-state index contributed by atoms with van der Waals surface area (Å²) in [6.07, 6.45) is 2.08. The molecule has 1 heterocycles. The van der Waals surface area contributed by atoms with Gasteiger partial charge in [-0.25, -0.2) is 0 Å². The lowest BCUT2D eigenvalue weighted by atomic mass is 10.2. The molecule has 0 aromatic carbocycles. The van der Waals surface area contributed by atoms with Gasteiger partial charge in [0.2, 0.25) is 5.88 Å². The van der Waals surface area contributed by atoms with E-state index in [0.717, 1.165) is 12.8 Å². The highest BCUT2D eigenvalue weighted by molar-refractivity contribution is 5.62. The minimum atomic E-state index is 0.215. The molecule has 0 aliphatic heterocycles. The van der Waals surface area contributed by atoms with Crippen LogP contribution in [-0.4, -0.2) is 31.9 Å². The van der Waals surface area contributed by atoms with Gasteiger partial charge in [-0.1, -0.05) is 13.3 Å². The zero-order valence-electron chi connectivity index (χ0n) is 10.7. The van der Waals surface area contributed by atoms with E-state index in [-0.39, 0.29) is 6.04 Å². The maximum Gasteiger partial charge on any atom is 0.215 e. The first-order chi connectivity index (χ1) is 8.21. The maximum atomic E-state index is 5.86.